The van der Waals surface area contributed by atoms with Crippen molar-refractivity contribution in [1.29, 1.82) is 5.26 Å². The molecule has 19 heavy (non-hydrogen) atoms. The minimum absolute atomic E-state index is 0.00803. The summed E-state index contributed by atoms with van der Waals surface area (Å²) in [5, 5.41) is 14.4. The van der Waals surface area contributed by atoms with Gasteiger partial charge in [0.15, 0.2) is 0 Å². The lowest BCUT2D eigenvalue weighted by Gasteiger charge is -2.30. The molecule has 1 saturated heterocycles. The number of piperidine rings is 1. The minimum Gasteiger partial charge on any atom is -0.352 e. The molecular weight excluding hydrogens is 244 g/mol. The second-order valence-corrected chi connectivity index (χ2v) is 4.52. The van der Waals surface area contributed by atoms with Gasteiger partial charge >= 0.3 is 0 Å². The van der Waals surface area contributed by atoms with Crippen molar-refractivity contribution < 1.29 is 9.59 Å². The van der Waals surface area contributed by atoms with E-state index in [1.165, 1.54) is 12.3 Å². The molecule has 2 rings (SSSR count). The lowest BCUT2D eigenvalue weighted by Crippen LogP contribution is -2.53. The maximum absolute atomic E-state index is 12.0. The summed E-state index contributed by atoms with van der Waals surface area (Å²) in [5.41, 5.74) is 0.605. The van der Waals surface area contributed by atoms with Crippen LogP contribution in [0.2, 0.25) is 0 Å². The average molecular weight is 258 g/mol. The van der Waals surface area contributed by atoms with Crippen molar-refractivity contribution >= 4 is 11.8 Å². The van der Waals surface area contributed by atoms with Gasteiger partial charge in [-0.15, -0.1) is 0 Å². The number of nitrogens with zero attached hydrogens (tertiary/aromatic N) is 2. The summed E-state index contributed by atoms with van der Waals surface area (Å²) in [5.74, 6) is -0.249. The molecule has 0 aromatic carbocycles. The second kappa shape index (κ2) is 5.48. The molecule has 0 aliphatic carbocycles. The molecule has 1 fully saturated rings. The smallest absolute Gasteiger partial charge is 0.251 e. The predicted octanol–water partition coefficient (Wildman–Crippen LogP) is 0.350. The zero-order valence-electron chi connectivity index (χ0n) is 10.5. The van der Waals surface area contributed by atoms with Gasteiger partial charge in [0.05, 0.1) is 0 Å². The summed E-state index contributed by atoms with van der Waals surface area (Å²) in [4.78, 5) is 27.1. The van der Waals surface area contributed by atoms with E-state index < -0.39 is 0 Å². The quantitative estimate of drug-likeness (QED) is 0.800. The van der Waals surface area contributed by atoms with Crippen molar-refractivity contribution in [2.75, 3.05) is 0 Å². The summed E-state index contributed by atoms with van der Waals surface area (Å²) >= 11 is 0. The van der Waals surface area contributed by atoms with E-state index in [4.69, 9.17) is 5.26 Å². The molecule has 1 aromatic rings. The van der Waals surface area contributed by atoms with E-state index in [2.05, 4.69) is 15.6 Å². The Morgan fingerprint density at radius 2 is 2.42 bits per heavy atom. The molecule has 2 amide bonds. The Labute approximate surface area is 110 Å². The van der Waals surface area contributed by atoms with Gasteiger partial charge in [-0.2, -0.15) is 5.26 Å². The van der Waals surface area contributed by atoms with Gasteiger partial charge in [0.1, 0.15) is 11.8 Å². The Hall–Kier alpha value is -2.42. The topological polar surface area (TPSA) is 94.9 Å². The summed E-state index contributed by atoms with van der Waals surface area (Å²) in [6.07, 6.45) is 2.46. The van der Waals surface area contributed by atoms with Crippen LogP contribution in [0.5, 0.6) is 0 Å². The largest absolute Gasteiger partial charge is 0.352 e. The number of nitriles is 1. The number of aromatic nitrogens is 1. The van der Waals surface area contributed by atoms with Crippen LogP contribution in [0.15, 0.2) is 18.3 Å². The van der Waals surface area contributed by atoms with Crippen LogP contribution < -0.4 is 10.6 Å². The SMILES string of the molecule is CC1NC(=O)CCC1NC(=O)c1ccnc(C#N)c1. The Bertz CT molecular complexity index is 550. The molecule has 2 unspecified atom stereocenters. The molecule has 98 valence electrons. The number of carbonyl (C=O) groups is 2. The average Bonchev–Trinajstić information content (AvgIpc) is 2.42. The van der Waals surface area contributed by atoms with Crippen molar-refractivity contribution in [3.63, 3.8) is 0 Å². The first-order valence-corrected chi connectivity index (χ1v) is 6.06. The molecule has 2 N–H and O–H groups in total. The molecule has 0 saturated carbocycles. The van der Waals surface area contributed by atoms with Gasteiger partial charge in [0.2, 0.25) is 5.91 Å². The third-order valence-electron chi connectivity index (χ3n) is 3.13. The predicted molar refractivity (Wildman–Crippen MR) is 67.0 cm³/mol. The highest BCUT2D eigenvalue weighted by molar-refractivity contribution is 5.94. The Morgan fingerprint density at radius 1 is 1.63 bits per heavy atom. The van der Waals surface area contributed by atoms with Crippen LogP contribution in [0.1, 0.15) is 35.8 Å². The van der Waals surface area contributed by atoms with Crippen LogP contribution in [0.4, 0.5) is 0 Å². The monoisotopic (exact) mass is 258 g/mol. The fraction of sp³-hybridized carbons (Fsp3) is 0.385. The first kappa shape index (κ1) is 13.0. The highest BCUT2D eigenvalue weighted by atomic mass is 16.2. The van der Waals surface area contributed by atoms with E-state index >= 15 is 0 Å². The Morgan fingerprint density at radius 3 is 3.11 bits per heavy atom. The number of hydrogen-bond donors (Lipinski definition) is 2. The lowest BCUT2D eigenvalue weighted by molar-refractivity contribution is -0.123. The number of pyridine rings is 1. The van der Waals surface area contributed by atoms with Crippen LogP contribution in [-0.2, 0) is 4.79 Å². The van der Waals surface area contributed by atoms with Gasteiger partial charge in [-0.25, -0.2) is 4.98 Å². The van der Waals surface area contributed by atoms with Crippen LogP contribution in [0.3, 0.4) is 0 Å². The number of nitrogens with one attached hydrogen (secondary N) is 2. The summed E-state index contributed by atoms with van der Waals surface area (Å²) in [7, 11) is 0. The third kappa shape index (κ3) is 3.07. The molecule has 2 heterocycles. The lowest BCUT2D eigenvalue weighted by atomic mass is 9.99. The molecule has 1 aliphatic heterocycles. The zero-order valence-corrected chi connectivity index (χ0v) is 10.5. The molecule has 0 radical (unpaired) electrons. The van der Waals surface area contributed by atoms with E-state index in [-0.39, 0.29) is 29.6 Å². The van der Waals surface area contributed by atoms with Crippen LogP contribution >= 0.6 is 0 Å². The van der Waals surface area contributed by atoms with E-state index in [9.17, 15) is 9.59 Å². The number of carbonyl (C=O) groups excluding carboxylic acids is 2. The Balaban J connectivity index is 2.04. The van der Waals surface area contributed by atoms with Crippen molar-refractivity contribution in [3.8, 4) is 6.07 Å². The van der Waals surface area contributed by atoms with Crippen LogP contribution in [-0.4, -0.2) is 28.9 Å². The summed E-state index contributed by atoms with van der Waals surface area (Å²) in [6.45, 7) is 1.86. The molecule has 1 aromatic heterocycles. The van der Waals surface area contributed by atoms with Crippen molar-refractivity contribution in [2.45, 2.75) is 31.8 Å². The van der Waals surface area contributed by atoms with E-state index in [0.29, 0.717) is 18.4 Å². The number of amides is 2. The van der Waals surface area contributed by atoms with Crippen LogP contribution in [0.25, 0.3) is 0 Å². The van der Waals surface area contributed by atoms with Gasteiger partial charge in [-0.1, -0.05) is 0 Å². The highest BCUT2D eigenvalue weighted by Crippen LogP contribution is 2.10. The first-order valence-electron chi connectivity index (χ1n) is 6.06. The van der Waals surface area contributed by atoms with Crippen LogP contribution in [0, 0.1) is 11.3 Å². The fourth-order valence-electron chi connectivity index (χ4n) is 2.05. The van der Waals surface area contributed by atoms with Crippen molar-refractivity contribution in [2.24, 2.45) is 0 Å². The zero-order chi connectivity index (χ0) is 13.8. The second-order valence-electron chi connectivity index (χ2n) is 4.52. The molecular formula is C13H14N4O2. The Kier molecular flexibility index (Phi) is 3.76. The summed E-state index contributed by atoms with van der Waals surface area (Å²) in [6, 6.07) is 4.71. The molecule has 2 atom stereocenters. The number of hydrogen-bond acceptors (Lipinski definition) is 4. The van der Waals surface area contributed by atoms with Gasteiger partial charge in [-0.3, -0.25) is 9.59 Å². The van der Waals surface area contributed by atoms with Crippen molar-refractivity contribution in [1.82, 2.24) is 15.6 Å². The van der Waals surface area contributed by atoms with E-state index in [1.54, 1.807) is 6.07 Å². The van der Waals surface area contributed by atoms with Gasteiger partial charge in [-0.05, 0) is 25.5 Å². The molecule has 6 nitrogen and oxygen atoms in total. The number of rotatable bonds is 2. The minimum atomic E-state index is -0.258. The highest BCUT2D eigenvalue weighted by Gasteiger charge is 2.26. The van der Waals surface area contributed by atoms with Gasteiger partial charge < -0.3 is 10.6 Å². The maximum Gasteiger partial charge on any atom is 0.251 e. The molecule has 1 aliphatic rings. The maximum atomic E-state index is 12.0. The molecule has 6 heteroatoms. The van der Waals surface area contributed by atoms with Gasteiger partial charge in [0, 0.05) is 30.3 Å². The fourth-order valence-corrected chi connectivity index (χ4v) is 2.05. The third-order valence-corrected chi connectivity index (χ3v) is 3.13. The molecule has 0 bridgehead atoms. The van der Waals surface area contributed by atoms with Gasteiger partial charge in [0.25, 0.3) is 5.91 Å². The standard InChI is InChI=1S/C13H14N4O2/c1-8-11(2-3-12(18)16-8)17-13(19)9-4-5-15-10(6-9)7-14/h4-6,8,11H,2-3H2,1H3,(H,16,18)(H,17,19). The normalized spacial score (nSPS) is 22.2. The molecule has 0 spiro atoms. The van der Waals surface area contributed by atoms with E-state index in [1.807, 2.05) is 13.0 Å². The van der Waals surface area contributed by atoms with Crippen molar-refractivity contribution in [3.05, 3.63) is 29.6 Å². The first-order chi connectivity index (χ1) is 9.10. The van der Waals surface area contributed by atoms with E-state index in [0.717, 1.165) is 0 Å². The summed E-state index contributed by atoms with van der Waals surface area (Å²) < 4.78 is 0.